The molecule has 0 aromatic heterocycles. The van der Waals surface area contributed by atoms with Gasteiger partial charge in [-0.15, -0.1) is 11.8 Å². The van der Waals surface area contributed by atoms with Crippen LogP contribution in [0, 0.1) is 0 Å². The number of hydrogen-bond acceptors (Lipinski definition) is 5. The zero-order valence-electron chi connectivity index (χ0n) is 14.6. The van der Waals surface area contributed by atoms with Gasteiger partial charge in [0.1, 0.15) is 12.1 Å². The van der Waals surface area contributed by atoms with E-state index in [4.69, 9.17) is 0 Å². The van der Waals surface area contributed by atoms with Gasteiger partial charge in [-0.2, -0.15) is 0 Å². The van der Waals surface area contributed by atoms with Gasteiger partial charge < -0.3 is 26.0 Å². The van der Waals surface area contributed by atoms with Crippen molar-refractivity contribution in [3.8, 4) is 0 Å². The number of carbonyl (C=O) groups excluding carboxylic acids is 3. The third-order valence-corrected chi connectivity index (χ3v) is 5.36. The van der Waals surface area contributed by atoms with Crippen LogP contribution in [0.5, 0.6) is 0 Å². The molecule has 3 rings (SSSR count). The monoisotopic (exact) mass is 378 g/mol. The Bertz CT molecular complexity index is 709. The number of piperazine rings is 1. The summed E-state index contributed by atoms with van der Waals surface area (Å²) in [6.45, 7) is 1.71. The molecule has 2 aliphatic heterocycles. The Morgan fingerprint density at radius 1 is 1.35 bits per heavy atom. The number of carbonyl (C=O) groups is 3. The Morgan fingerprint density at radius 3 is 2.65 bits per heavy atom. The highest BCUT2D eigenvalue weighted by Gasteiger charge is 2.47. The van der Waals surface area contributed by atoms with Crippen molar-refractivity contribution in [1.82, 2.24) is 15.5 Å². The van der Waals surface area contributed by atoms with Crippen LogP contribution in [0.25, 0.3) is 0 Å². The van der Waals surface area contributed by atoms with Crippen LogP contribution in [-0.2, 0) is 9.59 Å². The van der Waals surface area contributed by atoms with Crippen molar-refractivity contribution in [3.63, 3.8) is 0 Å². The maximum atomic E-state index is 12.4. The van der Waals surface area contributed by atoms with Crippen LogP contribution in [0.15, 0.2) is 29.2 Å². The minimum absolute atomic E-state index is 0.249. The van der Waals surface area contributed by atoms with E-state index in [2.05, 4.69) is 16.0 Å². The highest BCUT2D eigenvalue weighted by molar-refractivity contribution is 7.98. The van der Waals surface area contributed by atoms with E-state index in [1.54, 1.807) is 11.8 Å². The smallest absolute Gasteiger partial charge is 0.319 e. The zero-order valence-corrected chi connectivity index (χ0v) is 15.4. The minimum Gasteiger partial charge on any atom is -0.391 e. The van der Waals surface area contributed by atoms with Gasteiger partial charge in [-0.3, -0.25) is 9.59 Å². The maximum Gasteiger partial charge on any atom is 0.319 e. The molecule has 2 saturated heterocycles. The first-order chi connectivity index (χ1) is 12.4. The van der Waals surface area contributed by atoms with Crippen molar-refractivity contribution in [2.75, 3.05) is 18.1 Å². The average molecular weight is 378 g/mol. The lowest BCUT2D eigenvalue weighted by Gasteiger charge is -2.35. The Kier molecular flexibility index (Phi) is 5.38. The molecule has 2 fully saturated rings. The van der Waals surface area contributed by atoms with Gasteiger partial charge in [0, 0.05) is 17.1 Å². The molecule has 0 unspecified atom stereocenters. The minimum atomic E-state index is -0.966. The number of nitrogens with zero attached hydrogens (tertiary/aromatic N) is 1. The highest BCUT2D eigenvalue weighted by atomic mass is 32.2. The van der Waals surface area contributed by atoms with E-state index < -0.39 is 18.2 Å². The fourth-order valence-corrected chi connectivity index (χ4v) is 3.68. The third kappa shape index (κ3) is 3.78. The summed E-state index contributed by atoms with van der Waals surface area (Å²) in [7, 11) is 0. The van der Waals surface area contributed by atoms with Crippen LogP contribution in [0.3, 0.4) is 0 Å². The SMILES string of the molecule is CSc1ccc(NC(=O)N[C@H]2C[C@H]3C(=O)N[C@@H]([C@@H](C)O)C(=O)N3C2)cc1. The molecule has 4 N–H and O–H groups in total. The van der Waals surface area contributed by atoms with Gasteiger partial charge in [-0.1, -0.05) is 0 Å². The van der Waals surface area contributed by atoms with E-state index in [9.17, 15) is 19.5 Å². The van der Waals surface area contributed by atoms with Crippen molar-refractivity contribution in [1.29, 1.82) is 0 Å². The number of amides is 4. The van der Waals surface area contributed by atoms with E-state index in [0.29, 0.717) is 12.1 Å². The van der Waals surface area contributed by atoms with Crippen molar-refractivity contribution in [3.05, 3.63) is 24.3 Å². The molecule has 140 valence electrons. The Balaban J connectivity index is 1.59. The number of aliphatic hydroxyl groups is 1. The van der Waals surface area contributed by atoms with Gasteiger partial charge in [0.15, 0.2) is 0 Å². The lowest BCUT2D eigenvalue weighted by atomic mass is 10.0. The quantitative estimate of drug-likeness (QED) is 0.566. The second-order valence-corrected chi connectivity index (χ2v) is 7.37. The van der Waals surface area contributed by atoms with E-state index in [-0.39, 0.29) is 30.4 Å². The number of urea groups is 1. The molecule has 0 radical (unpaired) electrons. The Labute approximate surface area is 155 Å². The lowest BCUT2D eigenvalue weighted by Crippen LogP contribution is -2.64. The molecular formula is C17H22N4O4S. The maximum absolute atomic E-state index is 12.4. The topological polar surface area (TPSA) is 111 Å². The molecule has 1 aromatic carbocycles. The van der Waals surface area contributed by atoms with Crippen LogP contribution in [-0.4, -0.2) is 64.9 Å². The van der Waals surface area contributed by atoms with Gasteiger partial charge in [0.25, 0.3) is 0 Å². The fourth-order valence-electron chi connectivity index (χ4n) is 3.28. The van der Waals surface area contributed by atoms with Crippen molar-refractivity contribution >= 4 is 35.3 Å². The number of hydrogen-bond donors (Lipinski definition) is 4. The van der Waals surface area contributed by atoms with Crippen LogP contribution in [0.2, 0.25) is 0 Å². The first-order valence-electron chi connectivity index (χ1n) is 8.39. The summed E-state index contributed by atoms with van der Waals surface area (Å²) in [5, 5.41) is 17.8. The predicted octanol–water partition coefficient (Wildman–Crippen LogP) is 0.379. The molecule has 0 saturated carbocycles. The van der Waals surface area contributed by atoms with Crippen LogP contribution in [0.1, 0.15) is 13.3 Å². The van der Waals surface area contributed by atoms with Crippen molar-refractivity contribution in [2.24, 2.45) is 0 Å². The lowest BCUT2D eigenvalue weighted by molar-refractivity contribution is -0.149. The van der Waals surface area contributed by atoms with Crippen LogP contribution >= 0.6 is 11.8 Å². The molecule has 9 heteroatoms. The number of aliphatic hydroxyl groups excluding tert-OH is 1. The molecule has 26 heavy (non-hydrogen) atoms. The average Bonchev–Trinajstić information content (AvgIpc) is 3.03. The molecule has 0 bridgehead atoms. The standard InChI is InChI=1S/C17H22N4O4S/c1-9(22)14-16(24)21-8-11(7-13(21)15(23)20-14)19-17(25)18-10-3-5-12(26-2)6-4-10/h3-6,9,11,13-14,22H,7-8H2,1-2H3,(H,20,23)(H2,18,19,25)/t9-,11+,13+,14+/m1/s1. The van der Waals surface area contributed by atoms with Crippen molar-refractivity contribution in [2.45, 2.75) is 42.5 Å². The molecule has 2 heterocycles. The first-order valence-corrected chi connectivity index (χ1v) is 9.62. The number of rotatable bonds is 4. The normalized spacial score (nSPS) is 26.1. The van der Waals surface area contributed by atoms with Crippen LogP contribution < -0.4 is 16.0 Å². The van der Waals surface area contributed by atoms with Gasteiger partial charge >= 0.3 is 6.03 Å². The number of nitrogens with one attached hydrogen (secondary N) is 3. The summed E-state index contributed by atoms with van der Waals surface area (Å²) >= 11 is 1.61. The third-order valence-electron chi connectivity index (χ3n) is 4.62. The summed E-state index contributed by atoms with van der Waals surface area (Å²) in [6, 6.07) is 5.20. The molecule has 1 aromatic rings. The Morgan fingerprint density at radius 2 is 2.04 bits per heavy atom. The molecular weight excluding hydrogens is 356 g/mol. The summed E-state index contributed by atoms with van der Waals surface area (Å²) < 4.78 is 0. The molecule has 0 spiro atoms. The highest BCUT2D eigenvalue weighted by Crippen LogP contribution is 2.24. The predicted molar refractivity (Wildman–Crippen MR) is 97.9 cm³/mol. The second kappa shape index (κ2) is 7.55. The van der Waals surface area contributed by atoms with Gasteiger partial charge in [-0.05, 0) is 43.9 Å². The summed E-state index contributed by atoms with van der Waals surface area (Å²) in [5.41, 5.74) is 0.666. The molecule has 4 atom stereocenters. The number of thioether (sulfide) groups is 1. The zero-order chi connectivity index (χ0) is 18.8. The summed E-state index contributed by atoms with van der Waals surface area (Å²) in [5.74, 6) is -0.616. The van der Waals surface area contributed by atoms with E-state index in [1.807, 2.05) is 30.5 Å². The van der Waals surface area contributed by atoms with E-state index >= 15 is 0 Å². The van der Waals surface area contributed by atoms with Gasteiger partial charge in [0.05, 0.1) is 12.1 Å². The number of fused-ring (bicyclic) bond motifs is 1. The van der Waals surface area contributed by atoms with Gasteiger partial charge in [-0.25, -0.2) is 4.79 Å². The number of anilines is 1. The van der Waals surface area contributed by atoms with Crippen molar-refractivity contribution < 1.29 is 19.5 Å². The molecule has 2 aliphatic rings. The van der Waals surface area contributed by atoms with Gasteiger partial charge in [0.2, 0.25) is 11.8 Å². The second-order valence-electron chi connectivity index (χ2n) is 6.49. The number of benzene rings is 1. The first kappa shape index (κ1) is 18.5. The fraction of sp³-hybridized carbons (Fsp3) is 0.471. The Hall–Kier alpha value is -2.26. The van der Waals surface area contributed by atoms with Crippen LogP contribution in [0.4, 0.5) is 10.5 Å². The van der Waals surface area contributed by atoms with E-state index in [1.165, 1.54) is 11.8 Å². The summed E-state index contributed by atoms with van der Waals surface area (Å²) in [6.07, 6.45) is 1.36. The molecule has 4 amide bonds. The van der Waals surface area contributed by atoms with E-state index in [0.717, 1.165) is 4.90 Å². The molecule has 8 nitrogen and oxygen atoms in total. The molecule has 0 aliphatic carbocycles. The largest absolute Gasteiger partial charge is 0.391 e. The summed E-state index contributed by atoms with van der Waals surface area (Å²) in [4.78, 5) is 39.3.